The van der Waals surface area contributed by atoms with Crippen LogP contribution in [0.5, 0.6) is 5.75 Å². The molecule has 0 amide bonds. The summed E-state index contributed by atoms with van der Waals surface area (Å²) in [6.07, 6.45) is 8.76. The van der Waals surface area contributed by atoms with Crippen molar-refractivity contribution >= 4 is 0 Å². The van der Waals surface area contributed by atoms with E-state index in [1.807, 2.05) is 0 Å². The standard InChI is InChI=1S/C16H22FNO/c17-12-6-7-14-15(18)10-13(19-16(14)9-12)8-11-4-2-1-3-5-11/h6-7,9,11,13,15H,1-5,8,10,18H2/t13?,15-/m0/s1. The summed E-state index contributed by atoms with van der Waals surface area (Å²) in [5.74, 6) is 1.17. The van der Waals surface area contributed by atoms with Gasteiger partial charge in [0, 0.05) is 24.1 Å². The molecule has 2 N–H and O–H groups in total. The first-order chi connectivity index (χ1) is 9.22. The van der Waals surface area contributed by atoms with Crippen LogP contribution in [0.2, 0.25) is 0 Å². The Hall–Kier alpha value is -1.09. The van der Waals surface area contributed by atoms with E-state index in [9.17, 15) is 4.39 Å². The van der Waals surface area contributed by atoms with Gasteiger partial charge in [-0.15, -0.1) is 0 Å². The van der Waals surface area contributed by atoms with Crippen LogP contribution in [0.1, 0.15) is 56.6 Å². The number of nitrogens with two attached hydrogens (primary N) is 1. The predicted octanol–water partition coefficient (Wildman–Crippen LogP) is 3.95. The monoisotopic (exact) mass is 263 g/mol. The van der Waals surface area contributed by atoms with Gasteiger partial charge in [0.2, 0.25) is 0 Å². The first-order valence-electron chi connectivity index (χ1n) is 7.44. The van der Waals surface area contributed by atoms with E-state index in [0.29, 0.717) is 5.75 Å². The molecule has 2 aliphatic rings. The fraction of sp³-hybridized carbons (Fsp3) is 0.625. The summed E-state index contributed by atoms with van der Waals surface area (Å²) < 4.78 is 19.3. The fourth-order valence-electron chi connectivity index (χ4n) is 3.49. The highest BCUT2D eigenvalue weighted by Crippen LogP contribution is 2.37. The molecule has 0 aromatic heterocycles. The minimum absolute atomic E-state index is 0.0158. The van der Waals surface area contributed by atoms with E-state index in [4.69, 9.17) is 10.5 Å². The molecular formula is C16H22FNO. The third kappa shape index (κ3) is 2.92. The topological polar surface area (TPSA) is 35.2 Å². The maximum atomic E-state index is 13.3. The van der Waals surface area contributed by atoms with Gasteiger partial charge in [0.05, 0.1) is 0 Å². The zero-order valence-electron chi connectivity index (χ0n) is 11.3. The summed E-state index contributed by atoms with van der Waals surface area (Å²) in [7, 11) is 0. The third-order valence-corrected chi connectivity index (χ3v) is 4.51. The third-order valence-electron chi connectivity index (χ3n) is 4.51. The highest BCUT2D eigenvalue weighted by molar-refractivity contribution is 5.38. The van der Waals surface area contributed by atoms with Crippen LogP contribution in [-0.4, -0.2) is 6.10 Å². The second kappa shape index (κ2) is 5.49. The molecule has 1 aliphatic carbocycles. The zero-order valence-corrected chi connectivity index (χ0v) is 11.3. The number of ether oxygens (including phenoxy) is 1. The Labute approximate surface area is 114 Å². The molecule has 1 unspecified atom stereocenters. The average molecular weight is 263 g/mol. The molecule has 1 aromatic carbocycles. The van der Waals surface area contributed by atoms with Crippen LogP contribution in [0, 0.1) is 11.7 Å². The lowest BCUT2D eigenvalue weighted by Crippen LogP contribution is -2.31. The summed E-state index contributed by atoms with van der Waals surface area (Å²) in [6, 6.07) is 4.68. The van der Waals surface area contributed by atoms with Gasteiger partial charge >= 0.3 is 0 Å². The van der Waals surface area contributed by atoms with Crippen molar-refractivity contribution in [3.63, 3.8) is 0 Å². The summed E-state index contributed by atoms with van der Waals surface area (Å²) in [6.45, 7) is 0. The Morgan fingerprint density at radius 3 is 2.79 bits per heavy atom. The SMILES string of the molecule is N[C@H]1CC(CC2CCCCC2)Oc2cc(F)ccc21. The van der Waals surface area contributed by atoms with Gasteiger partial charge in [0.25, 0.3) is 0 Å². The van der Waals surface area contributed by atoms with Gasteiger partial charge in [-0.3, -0.25) is 0 Å². The highest BCUT2D eigenvalue weighted by Gasteiger charge is 2.28. The van der Waals surface area contributed by atoms with Crippen molar-refractivity contribution < 1.29 is 9.13 Å². The minimum atomic E-state index is -0.246. The molecule has 3 heteroatoms. The molecule has 1 aromatic rings. The predicted molar refractivity (Wildman–Crippen MR) is 73.6 cm³/mol. The maximum Gasteiger partial charge on any atom is 0.127 e. The van der Waals surface area contributed by atoms with Crippen molar-refractivity contribution in [3.05, 3.63) is 29.6 Å². The first-order valence-corrected chi connectivity index (χ1v) is 7.44. The number of hydrogen-bond donors (Lipinski definition) is 1. The lowest BCUT2D eigenvalue weighted by molar-refractivity contribution is 0.119. The molecule has 1 aliphatic heterocycles. The molecular weight excluding hydrogens is 241 g/mol. The number of hydrogen-bond acceptors (Lipinski definition) is 2. The number of halogens is 1. The van der Waals surface area contributed by atoms with Crippen LogP contribution < -0.4 is 10.5 Å². The zero-order chi connectivity index (χ0) is 13.2. The highest BCUT2D eigenvalue weighted by atomic mass is 19.1. The summed E-state index contributed by atoms with van der Waals surface area (Å²) >= 11 is 0. The van der Waals surface area contributed by atoms with Crippen LogP contribution in [0.25, 0.3) is 0 Å². The average Bonchev–Trinajstić information content (AvgIpc) is 2.39. The van der Waals surface area contributed by atoms with Gasteiger partial charge in [-0.05, 0) is 18.4 Å². The van der Waals surface area contributed by atoms with Crippen molar-refractivity contribution in [1.82, 2.24) is 0 Å². The summed E-state index contributed by atoms with van der Waals surface area (Å²) in [5.41, 5.74) is 7.14. The van der Waals surface area contributed by atoms with E-state index in [1.165, 1.54) is 44.2 Å². The molecule has 0 radical (unpaired) electrons. The first kappa shape index (κ1) is 12.9. The molecule has 1 saturated carbocycles. The van der Waals surface area contributed by atoms with Crippen molar-refractivity contribution in [1.29, 1.82) is 0 Å². The Bertz CT molecular complexity index is 442. The van der Waals surface area contributed by atoms with Crippen molar-refractivity contribution in [3.8, 4) is 5.75 Å². The van der Waals surface area contributed by atoms with E-state index in [0.717, 1.165) is 24.3 Å². The Morgan fingerprint density at radius 1 is 1.21 bits per heavy atom. The van der Waals surface area contributed by atoms with Crippen LogP contribution in [0.4, 0.5) is 4.39 Å². The van der Waals surface area contributed by atoms with Crippen LogP contribution in [0.15, 0.2) is 18.2 Å². The van der Waals surface area contributed by atoms with Gasteiger partial charge < -0.3 is 10.5 Å². The normalized spacial score (nSPS) is 27.7. The van der Waals surface area contributed by atoms with Crippen LogP contribution in [0.3, 0.4) is 0 Å². The Kier molecular flexibility index (Phi) is 3.74. The number of fused-ring (bicyclic) bond motifs is 1. The Morgan fingerprint density at radius 2 is 2.00 bits per heavy atom. The van der Waals surface area contributed by atoms with Gasteiger partial charge in [-0.1, -0.05) is 38.2 Å². The van der Waals surface area contributed by atoms with Crippen molar-refractivity contribution in [2.24, 2.45) is 11.7 Å². The number of rotatable bonds is 2. The largest absolute Gasteiger partial charge is 0.490 e. The molecule has 104 valence electrons. The van der Waals surface area contributed by atoms with Crippen LogP contribution in [-0.2, 0) is 0 Å². The minimum Gasteiger partial charge on any atom is -0.490 e. The lowest BCUT2D eigenvalue weighted by atomic mass is 9.83. The number of benzene rings is 1. The lowest BCUT2D eigenvalue weighted by Gasteiger charge is -2.33. The molecule has 1 fully saturated rings. The quantitative estimate of drug-likeness (QED) is 0.877. The summed E-state index contributed by atoms with van der Waals surface area (Å²) in [5, 5.41) is 0. The van der Waals surface area contributed by atoms with E-state index in [2.05, 4.69) is 0 Å². The molecule has 1 heterocycles. The van der Waals surface area contributed by atoms with Crippen molar-refractivity contribution in [2.75, 3.05) is 0 Å². The van der Waals surface area contributed by atoms with E-state index in [-0.39, 0.29) is 18.0 Å². The Balaban J connectivity index is 1.69. The van der Waals surface area contributed by atoms with Crippen molar-refractivity contribution in [2.45, 2.75) is 57.1 Å². The molecule has 3 rings (SSSR count). The van der Waals surface area contributed by atoms with Crippen LogP contribution >= 0.6 is 0 Å². The second-order valence-electron chi connectivity index (χ2n) is 6.00. The van der Waals surface area contributed by atoms with Gasteiger partial charge in [0.15, 0.2) is 0 Å². The van der Waals surface area contributed by atoms with E-state index < -0.39 is 0 Å². The molecule has 2 nitrogen and oxygen atoms in total. The fourth-order valence-corrected chi connectivity index (χ4v) is 3.49. The smallest absolute Gasteiger partial charge is 0.127 e. The molecule has 2 atom stereocenters. The van der Waals surface area contributed by atoms with Gasteiger partial charge in [-0.25, -0.2) is 4.39 Å². The maximum absolute atomic E-state index is 13.3. The molecule has 0 spiro atoms. The van der Waals surface area contributed by atoms with Gasteiger partial charge in [0.1, 0.15) is 17.7 Å². The summed E-state index contributed by atoms with van der Waals surface area (Å²) in [4.78, 5) is 0. The van der Waals surface area contributed by atoms with E-state index >= 15 is 0 Å². The second-order valence-corrected chi connectivity index (χ2v) is 6.00. The molecule has 0 bridgehead atoms. The van der Waals surface area contributed by atoms with E-state index in [1.54, 1.807) is 6.07 Å². The molecule has 0 saturated heterocycles. The van der Waals surface area contributed by atoms with Gasteiger partial charge in [-0.2, -0.15) is 0 Å². The molecule has 19 heavy (non-hydrogen) atoms.